The summed E-state index contributed by atoms with van der Waals surface area (Å²) in [6, 6.07) is 5.84. The standard InChI is InChI=1S/C13H12N4O/c1-2-12(18)17-13-15-7-9-8-5-6-14-10(8)3-4-11(9)16-13/h3-7H,2H2,1H3,(H2,15,16,17,18). The van der Waals surface area contributed by atoms with Gasteiger partial charge in [-0.3, -0.25) is 15.1 Å². The van der Waals surface area contributed by atoms with E-state index in [1.54, 1.807) is 19.3 Å². The van der Waals surface area contributed by atoms with Crippen LogP contribution in [0.5, 0.6) is 0 Å². The van der Waals surface area contributed by atoms with Gasteiger partial charge < -0.3 is 4.98 Å². The fourth-order valence-electron chi connectivity index (χ4n) is 1.93. The number of fused-ring (bicyclic) bond motifs is 3. The lowest BCUT2D eigenvalue weighted by Crippen LogP contribution is -2.12. The maximum absolute atomic E-state index is 11.3. The van der Waals surface area contributed by atoms with Crippen LogP contribution in [0.3, 0.4) is 0 Å². The summed E-state index contributed by atoms with van der Waals surface area (Å²) in [4.78, 5) is 22.9. The molecule has 5 nitrogen and oxygen atoms in total. The van der Waals surface area contributed by atoms with E-state index in [1.165, 1.54) is 0 Å². The van der Waals surface area contributed by atoms with Crippen LogP contribution >= 0.6 is 0 Å². The number of aromatic amines is 1. The van der Waals surface area contributed by atoms with E-state index >= 15 is 0 Å². The fourth-order valence-corrected chi connectivity index (χ4v) is 1.93. The number of rotatable bonds is 2. The van der Waals surface area contributed by atoms with Crippen molar-refractivity contribution in [3.63, 3.8) is 0 Å². The largest absolute Gasteiger partial charge is 0.325 e. The molecule has 0 saturated heterocycles. The molecule has 2 N–H and O–H groups in total. The van der Waals surface area contributed by atoms with E-state index in [0.717, 1.165) is 21.8 Å². The van der Waals surface area contributed by atoms with Gasteiger partial charge >= 0.3 is 0 Å². The number of carbonyl (C=O) groups is 1. The lowest BCUT2D eigenvalue weighted by molar-refractivity contribution is -0.115. The molecule has 0 fully saturated rings. The van der Waals surface area contributed by atoms with Gasteiger partial charge in [0, 0.05) is 29.6 Å². The summed E-state index contributed by atoms with van der Waals surface area (Å²) < 4.78 is 0. The molecule has 1 amide bonds. The number of nitrogens with zero attached hydrogens (tertiary/aromatic N) is 2. The second-order valence-corrected chi connectivity index (χ2v) is 4.04. The van der Waals surface area contributed by atoms with Crippen molar-refractivity contribution in [3.8, 4) is 0 Å². The van der Waals surface area contributed by atoms with Crippen LogP contribution in [0.25, 0.3) is 21.8 Å². The minimum atomic E-state index is -0.0610. The summed E-state index contributed by atoms with van der Waals surface area (Å²) in [5.41, 5.74) is 1.87. The first-order valence-corrected chi connectivity index (χ1v) is 5.80. The van der Waals surface area contributed by atoms with Gasteiger partial charge in [-0.15, -0.1) is 0 Å². The number of amides is 1. The maximum atomic E-state index is 11.3. The second-order valence-electron chi connectivity index (χ2n) is 4.04. The Balaban J connectivity index is 2.12. The molecular formula is C13H12N4O. The maximum Gasteiger partial charge on any atom is 0.226 e. The Labute approximate surface area is 103 Å². The van der Waals surface area contributed by atoms with E-state index in [4.69, 9.17) is 0 Å². The Morgan fingerprint density at radius 3 is 3.00 bits per heavy atom. The average Bonchev–Trinajstić information content (AvgIpc) is 2.86. The zero-order valence-corrected chi connectivity index (χ0v) is 9.90. The van der Waals surface area contributed by atoms with Gasteiger partial charge in [0.15, 0.2) is 0 Å². The van der Waals surface area contributed by atoms with Crippen LogP contribution in [0.1, 0.15) is 13.3 Å². The molecule has 2 heterocycles. The van der Waals surface area contributed by atoms with E-state index < -0.39 is 0 Å². The molecule has 0 aliphatic rings. The third-order valence-electron chi connectivity index (χ3n) is 2.87. The monoisotopic (exact) mass is 240 g/mol. The van der Waals surface area contributed by atoms with Gasteiger partial charge in [0.2, 0.25) is 11.9 Å². The zero-order chi connectivity index (χ0) is 12.5. The molecule has 0 unspecified atom stereocenters. The van der Waals surface area contributed by atoms with Gasteiger partial charge in [0.25, 0.3) is 0 Å². The SMILES string of the molecule is CCC(=O)Nc1ncc2c(ccc3nccc32)[nH]1. The van der Waals surface area contributed by atoms with Crippen LogP contribution in [-0.2, 0) is 4.79 Å². The Bertz CT molecular complexity index is 732. The van der Waals surface area contributed by atoms with Gasteiger partial charge in [-0.25, -0.2) is 4.98 Å². The zero-order valence-electron chi connectivity index (χ0n) is 9.90. The van der Waals surface area contributed by atoms with Crippen molar-refractivity contribution in [3.05, 3.63) is 30.6 Å². The molecule has 90 valence electrons. The number of anilines is 1. The highest BCUT2D eigenvalue weighted by Crippen LogP contribution is 2.23. The Hall–Kier alpha value is -2.43. The highest BCUT2D eigenvalue weighted by atomic mass is 16.1. The van der Waals surface area contributed by atoms with Crippen LogP contribution in [-0.4, -0.2) is 20.9 Å². The van der Waals surface area contributed by atoms with Crippen molar-refractivity contribution in [2.45, 2.75) is 13.3 Å². The quantitative estimate of drug-likeness (QED) is 0.722. The summed E-state index contributed by atoms with van der Waals surface area (Å²) in [6.45, 7) is 1.80. The van der Waals surface area contributed by atoms with Crippen LogP contribution in [0, 0.1) is 0 Å². The normalized spacial score (nSPS) is 10.9. The molecule has 0 spiro atoms. The number of hydrogen-bond donors (Lipinski definition) is 2. The Kier molecular flexibility index (Phi) is 2.44. The van der Waals surface area contributed by atoms with Gasteiger partial charge in [0.1, 0.15) is 0 Å². The predicted octanol–water partition coefficient (Wildman–Crippen LogP) is 2.46. The first kappa shape index (κ1) is 10.7. The van der Waals surface area contributed by atoms with Crippen molar-refractivity contribution in [2.24, 2.45) is 0 Å². The molecule has 3 aromatic rings. The van der Waals surface area contributed by atoms with Gasteiger partial charge in [0.05, 0.1) is 11.0 Å². The summed E-state index contributed by atoms with van der Waals surface area (Å²) in [6.07, 6.45) is 3.96. The second kappa shape index (κ2) is 4.10. The molecule has 18 heavy (non-hydrogen) atoms. The first-order chi connectivity index (χ1) is 8.78. The first-order valence-electron chi connectivity index (χ1n) is 5.80. The topological polar surface area (TPSA) is 70.7 Å². The van der Waals surface area contributed by atoms with E-state index in [-0.39, 0.29) is 5.91 Å². The van der Waals surface area contributed by atoms with Crippen molar-refractivity contribution < 1.29 is 4.79 Å². The fraction of sp³-hybridized carbons (Fsp3) is 0.154. The van der Waals surface area contributed by atoms with Crippen molar-refractivity contribution >= 4 is 33.7 Å². The van der Waals surface area contributed by atoms with E-state index in [2.05, 4.69) is 20.3 Å². The summed E-state index contributed by atoms with van der Waals surface area (Å²) in [7, 11) is 0. The lowest BCUT2D eigenvalue weighted by Gasteiger charge is -2.05. The molecule has 0 saturated carbocycles. The van der Waals surface area contributed by atoms with Crippen molar-refractivity contribution in [1.82, 2.24) is 15.0 Å². The summed E-state index contributed by atoms with van der Waals surface area (Å²) in [5.74, 6) is 0.405. The molecule has 0 bridgehead atoms. The van der Waals surface area contributed by atoms with Gasteiger partial charge in [-0.1, -0.05) is 6.92 Å². The highest BCUT2D eigenvalue weighted by molar-refractivity contribution is 6.05. The van der Waals surface area contributed by atoms with Crippen LogP contribution in [0.15, 0.2) is 30.6 Å². The third-order valence-corrected chi connectivity index (χ3v) is 2.87. The highest BCUT2D eigenvalue weighted by Gasteiger charge is 2.05. The van der Waals surface area contributed by atoms with Gasteiger partial charge in [-0.2, -0.15) is 0 Å². The summed E-state index contributed by atoms with van der Waals surface area (Å²) >= 11 is 0. The van der Waals surface area contributed by atoms with Crippen LogP contribution in [0.2, 0.25) is 0 Å². The minimum absolute atomic E-state index is 0.0610. The van der Waals surface area contributed by atoms with Crippen LogP contribution < -0.4 is 5.32 Å². The third kappa shape index (κ3) is 1.69. The lowest BCUT2D eigenvalue weighted by atomic mass is 10.1. The van der Waals surface area contributed by atoms with E-state index in [0.29, 0.717) is 12.4 Å². The van der Waals surface area contributed by atoms with E-state index in [9.17, 15) is 4.79 Å². The van der Waals surface area contributed by atoms with Crippen molar-refractivity contribution in [1.29, 1.82) is 0 Å². The number of H-pyrrole nitrogens is 1. The number of hydrogen-bond acceptors (Lipinski definition) is 3. The molecule has 0 aliphatic carbocycles. The van der Waals surface area contributed by atoms with Gasteiger partial charge in [-0.05, 0) is 18.2 Å². The molecule has 0 atom stereocenters. The molecule has 5 heteroatoms. The van der Waals surface area contributed by atoms with E-state index in [1.807, 2.05) is 18.2 Å². The molecule has 0 radical (unpaired) electrons. The average molecular weight is 240 g/mol. The summed E-state index contributed by atoms with van der Waals surface area (Å²) in [5, 5.41) is 4.76. The molecule has 3 rings (SSSR count). The number of benzene rings is 1. The molecular weight excluding hydrogens is 228 g/mol. The molecule has 0 aliphatic heterocycles. The smallest absolute Gasteiger partial charge is 0.226 e. The molecule has 2 aromatic heterocycles. The predicted molar refractivity (Wildman–Crippen MR) is 70.3 cm³/mol. The van der Waals surface area contributed by atoms with Crippen LogP contribution in [0.4, 0.5) is 5.95 Å². The molecule has 1 aromatic carbocycles. The number of nitrogens with one attached hydrogen (secondary N) is 2. The Morgan fingerprint density at radius 1 is 1.28 bits per heavy atom. The number of aromatic nitrogens is 3. The van der Waals surface area contributed by atoms with Crippen molar-refractivity contribution in [2.75, 3.05) is 5.32 Å². The minimum Gasteiger partial charge on any atom is -0.325 e. The Morgan fingerprint density at radius 2 is 2.17 bits per heavy atom. The number of carbonyl (C=O) groups excluding carboxylic acids is 1.